The van der Waals surface area contributed by atoms with E-state index in [1.165, 1.54) is 25.4 Å². The molecule has 1 heterocycles. The fraction of sp³-hybridized carbons (Fsp3) is 0.227. The molecule has 1 aromatic heterocycles. The van der Waals surface area contributed by atoms with Crippen molar-refractivity contribution in [1.29, 1.82) is 0 Å². The molecule has 0 aliphatic carbocycles. The summed E-state index contributed by atoms with van der Waals surface area (Å²) in [5, 5.41) is 2.45. The second-order valence-corrected chi connectivity index (χ2v) is 7.42. The summed E-state index contributed by atoms with van der Waals surface area (Å²) in [6.07, 6.45) is 0.752. The molecule has 0 bridgehead atoms. The number of carbonyl (C=O) groups is 2. The van der Waals surface area contributed by atoms with Crippen molar-refractivity contribution in [2.75, 3.05) is 12.0 Å². The van der Waals surface area contributed by atoms with Gasteiger partial charge in [-0.15, -0.1) is 11.3 Å². The number of anilines is 2. The maximum Gasteiger partial charge on any atom is 0.230 e. The summed E-state index contributed by atoms with van der Waals surface area (Å²) in [4.78, 5) is 29.4. The highest BCUT2D eigenvalue weighted by atomic mass is 32.1. The van der Waals surface area contributed by atoms with Gasteiger partial charge in [-0.1, -0.05) is 17.7 Å². The van der Waals surface area contributed by atoms with E-state index < -0.39 is 0 Å². The van der Waals surface area contributed by atoms with Gasteiger partial charge in [0, 0.05) is 17.9 Å². The molecule has 0 saturated carbocycles. The number of benzene rings is 2. The van der Waals surface area contributed by atoms with Crippen molar-refractivity contribution >= 4 is 34.3 Å². The highest BCUT2D eigenvalue weighted by Crippen LogP contribution is 2.33. The first-order valence-electron chi connectivity index (χ1n) is 9.01. The van der Waals surface area contributed by atoms with Gasteiger partial charge in [-0.3, -0.25) is 14.5 Å². The SMILES string of the molecule is COc1cc(C=O)ccc1OCc1csc(N(C(C)=O)c2ccc(C)cc2C)n1. The largest absolute Gasteiger partial charge is 0.493 e. The number of nitrogens with zero attached hydrogens (tertiary/aromatic N) is 2. The minimum atomic E-state index is -0.107. The number of methoxy groups -OCH3 is 1. The maximum absolute atomic E-state index is 12.3. The molecule has 6 nitrogen and oxygen atoms in total. The molecular formula is C22H22N2O4S. The third-order valence-electron chi connectivity index (χ3n) is 4.34. The zero-order valence-electron chi connectivity index (χ0n) is 16.8. The van der Waals surface area contributed by atoms with Crippen LogP contribution in [0.4, 0.5) is 10.8 Å². The molecule has 0 atom stereocenters. The van der Waals surface area contributed by atoms with Gasteiger partial charge in [-0.2, -0.15) is 0 Å². The lowest BCUT2D eigenvalue weighted by molar-refractivity contribution is -0.115. The molecule has 7 heteroatoms. The first-order valence-corrected chi connectivity index (χ1v) is 9.89. The van der Waals surface area contributed by atoms with Crippen LogP contribution in [-0.4, -0.2) is 24.3 Å². The van der Waals surface area contributed by atoms with E-state index >= 15 is 0 Å². The van der Waals surface area contributed by atoms with Crippen LogP contribution in [0, 0.1) is 13.8 Å². The number of aromatic nitrogens is 1. The molecule has 0 N–H and O–H groups in total. The lowest BCUT2D eigenvalue weighted by atomic mass is 10.1. The number of amides is 1. The van der Waals surface area contributed by atoms with E-state index in [1.807, 2.05) is 37.4 Å². The normalized spacial score (nSPS) is 10.5. The molecule has 0 saturated heterocycles. The molecule has 3 rings (SSSR count). The van der Waals surface area contributed by atoms with E-state index in [0.717, 1.165) is 23.1 Å². The lowest BCUT2D eigenvalue weighted by Gasteiger charge is -2.20. The summed E-state index contributed by atoms with van der Waals surface area (Å²) >= 11 is 1.38. The highest BCUT2D eigenvalue weighted by molar-refractivity contribution is 7.14. The van der Waals surface area contributed by atoms with Gasteiger partial charge < -0.3 is 9.47 Å². The fourth-order valence-corrected chi connectivity index (χ4v) is 3.82. The van der Waals surface area contributed by atoms with Gasteiger partial charge in [-0.05, 0) is 43.7 Å². The lowest BCUT2D eigenvalue weighted by Crippen LogP contribution is -2.23. The minimum Gasteiger partial charge on any atom is -0.493 e. The quantitative estimate of drug-likeness (QED) is 0.521. The summed E-state index contributed by atoms with van der Waals surface area (Å²) in [6.45, 7) is 5.73. The highest BCUT2D eigenvalue weighted by Gasteiger charge is 2.20. The van der Waals surface area contributed by atoms with Crippen LogP contribution < -0.4 is 14.4 Å². The summed E-state index contributed by atoms with van der Waals surface area (Å²) in [5.74, 6) is 0.890. The van der Waals surface area contributed by atoms with Crippen molar-refractivity contribution in [1.82, 2.24) is 4.98 Å². The minimum absolute atomic E-state index is 0.107. The van der Waals surface area contributed by atoms with Crippen LogP contribution in [0.3, 0.4) is 0 Å². The van der Waals surface area contributed by atoms with Gasteiger partial charge in [0.15, 0.2) is 16.6 Å². The summed E-state index contributed by atoms with van der Waals surface area (Å²) in [6, 6.07) is 10.9. The maximum atomic E-state index is 12.3. The number of ether oxygens (including phenoxy) is 2. The third kappa shape index (κ3) is 4.63. The van der Waals surface area contributed by atoms with Crippen molar-refractivity contribution < 1.29 is 19.1 Å². The zero-order valence-corrected chi connectivity index (χ0v) is 17.6. The zero-order chi connectivity index (χ0) is 21.0. The average Bonchev–Trinajstić information content (AvgIpc) is 3.16. The fourth-order valence-electron chi connectivity index (χ4n) is 2.96. The van der Waals surface area contributed by atoms with Crippen LogP contribution in [0.25, 0.3) is 0 Å². The number of carbonyl (C=O) groups excluding carboxylic acids is 2. The summed E-state index contributed by atoms with van der Waals surface area (Å²) < 4.78 is 11.1. The molecule has 0 spiro atoms. The Bertz CT molecular complexity index is 1050. The van der Waals surface area contributed by atoms with Crippen LogP contribution in [0.5, 0.6) is 11.5 Å². The standard InChI is InChI=1S/C22H22N2O4S/c1-14-5-7-19(15(2)9-14)24(16(3)26)22-23-18(13-29-22)12-28-20-8-6-17(11-25)10-21(20)27-4/h5-11,13H,12H2,1-4H3. The van der Waals surface area contributed by atoms with E-state index in [2.05, 4.69) is 4.98 Å². The second-order valence-electron chi connectivity index (χ2n) is 6.58. The average molecular weight is 410 g/mol. The number of hydrogen-bond acceptors (Lipinski definition) is 6. The number of rotatable bonds is 7. The van der Waals surface area contributed by atoms with Gasteiger partial charge in [0.05, 0.1) is 18.5 Å². The first-order chi connectivity index (χ1) is 13.9. The number of aryl methyl sites for hydroxylation is 2. The molecule has 2 aromatic carbocycles. The molecule has 3 aromatic rings. The summed E-state index contributed by atoms with van der Waals surface area (Å²) in [7, 11) is 1.52. The predicted octanol–water partition coefficient (Wildman–Crippen LogP) is 4.84. The van der Waals surface area contributed by atoms with Gasteiger partial charge in [0.1, 0.15) is 12.9 Å². The van der Waals surface area contributed by atoms with Crippen LogP contribution in [0.1, 0.15) is 34.1 Å². The smallest absolute Gasteiger partial charge is 0.230 e. The van der Waals surface area contributed by atoms with Gasteiger partial charge in [0.2, 0.25) is 5.91 Å². The second kappa shape index (κ2) is 8.87. The Labute approximate surface area is 173 Å². The first kappa shape index (κ1) is 20.5. The van der Waals surface area contributed by atoms with E-state index in [4.69, 9.17) is 9.47 Å². The van der Waals surface area contributed by atoms with Gasteiger partial charge in [0.25, 0.3) is 0 Å². The van der Waals surface area contributed by atoms with Crippen molar-refractivity contribution in [3.8, 4) is 11.5 Å². The Hall–Kier alpha value is -3.19. The molecule has 0 aliphatic rings. The monoisotopic (exact) mass is 410 g/mol. The molecule has 0 fully saturated rings. The Morgan fingerprint density at radius 3 is 2.62 bits per heavy atom. The third-order valence-corrected chi connectivity index (χ3v) is 5.21. The molecule has 0 unspecified atom stereocenters. The molecule has 0 radical (unpaired) electrons. The molecule has 0 aliphatic heterocycles. The van der Waals surface area contributed by atoms with E-state index in [0.29, 0.717) is 27.9 Å². The molecule has 29 heavy (non-hydrogen) atoms. The number of aldehydes is 1. The molecule has 150 valence electrons. The number of thiazole rings is 1. The molecule has 1 amide bonds. The Balaban J connectivity index is 1.80. The van der Waals surface area contributed by atoms with Crippen LogP contribution in [-0.2, 0) is 11.4 Å². The van der Waals surface area contributed by atoms with E-state index in [-0.39, 0.29) is 12.5 Å². The van der Waals surface area contributed by atoms with Crippen molar-refractivity contribution in [3.63, 3.8) is 0 Å². The Morgan fingerprint density at radius 1 is 1.17 bits per heavy atom. The number of hydrogen-bond donors (Lipinski definition) is 0. The summed E-state index contributed by atoms with van der Waals surface area (Å²) in [5.41, 5.74) is 4.17. The van der Waals surface area contributed by atoms with Crippen molar-refractivity contribution in [2.45, 2.75) is 27.4 Å². The van der Waals surface area contributed by atoms with E-state index in [9.17, 15) is 9.59 Å². The van der Waals surface area contributed by atoms with Crippen molar-refractivity contribution in [3.05, 3.63) is 64.2 Å². The van der Waals surface area contributed by atoms with Crippen molar-refractivity contribution in [2.24, 2.45) is 0 Å². The van der Waals surface area contributed by atoms with Crippen LogP contribution in [0.15, 0.2) is 41.8 Å². The van der Waals surface area contributed by atoms with E-state index in [1.54, 1.807) is 23.1 Å². The van der Waals surface area contributed by atoms with Gasteiger partial charge >= 0.3 is 0 Å². The topological polar surface area (TPSA) is 68.7 Å². The Morgan fingerprint density at radius 2 is 1.97 bits per heavy atom. The van der Waals surface area contributed by atoms with Crippen LogP contribution in [0.2, 0.25) is 0 Å². The predicted molar refractivity (Wildman–Crippen MR) is 114 cm³/mol. The Kier molecular flexibility index (Phi) is 6.29. The van der Waals surface area contributed by atoms with Gasteiger partial charge in [-0.25, -0.2) is 4.98 Å². The van der Waals surface area contributed by atoms with Crippen LogP contribution >= 0.6 is 11.3 Å². The molecular weight excluding hydrogens is 388 g/mol.